The number of halogens is 1. The average Bonchev–Trinajstić information content (AvgIpc) is 2.74. The Morgan fingerprint density at radius 3 is 2.56 bits per heavy atom. The summed E-state index contributed by atoms with van der Waals surface area (Å²) in [5.74, 6) is 5.99. The highest BCUT2D eigenvalue weighted by Crippen LogP contribution is 2.19. The van der Waals surface area contributed by atoms with E-state index in [9.17, 15) is 0 Å². The highest BCUT2D eigenvalue weighted by atomic mass is 79.9. The summed E-state index contributed by atoms with van der Waals surface area (Å²) in [6.07, 6.45) is 1.57. The first-order chi connectivity index (χ1) is 7.81. The van der Waals surface area contributed by atoms with Crippen LogP contribution in [0.5, 0.6) is 0 Å². The molecule has 0 aliphatic heterocycles. The molecule has 0 saturated carbocycles. The molecule has 1 heterocycles. The molecule has 16 heavy (non-hydrogen) atoms. The molecule has 0 amide bonds. The van der Waals surface area contributed by atoms with Crippen LogP contribution < -0.4 is 11.3 Å². The van der Waals surface area contributed by atoms with Crippen molar-refractivity contribution in [2.24, 2.45) is 10.8 Å². The maximum absolute atomic E-state index is 5.44. The zero-order valence-electron chi connectivity index (χ0n) is 8.35. The molecule has 1 aromatic heterocycles. The fraction of sp³-hybridized carbons (Fsp3) is 0. The fourth-order valence-corrected chi connectivity index (χ4v) is 1.69. The Morgan fingerprint density at radius 1 is 1.25 bits per heavy atom. The summed E-state index contributed by atoms with van der Waals surface area (Å²) < 4.78 is 5.72. The molecule has 0 aliphatic rings. The second-order valence-corrected chi connectivity index (χ2v) is 3.77. The Balaban J connectivity index is 2.37. The van der Waals surface area contributed by atoms with E-state index < -0.39 is 0 Å². The van der Waals surface area contributed by atoms with Crippen molar-refractivity contribution in [3.63, 3.8) is 0 Å². The number of furan rings is 1. The lowest BCUT2D eigenvalue weighted by molar-refractivity contribution is 0.540. The van der Waals surface area contributed by atoms with E-state index in [1.54, 1.807) is 12.3 Å². The molecule has 4 nitrogen and oxygen atoms in total. The van der Waals surface area contributed by atoms with Crippen LogP contribution in [0.15, 0.2) is 56.7 Å². The van der Waals surface area contributed by atoms with Crippen molar-refractivity contribution >= 4 is 27.5 Å². The summed E-state index contributed by atoms with van der Waals surface area (Å²) in [5.41, 5.74) is 4.16. The number of hydrogen-bond donors (Lipinski definition) is 2. The third-order valence-corrected chi connectivity index (χ3v) is 2.62. The molecule has 2 aromatic rings. The summed E-state index contributed by atoms with van der Waals surface area (Å²) in [4.78, 5) is 4.37. The molecule has 82 valence electrons. The largest absolute Gasteiger partial charge is 0.457 e. The summed E-state index contributed by atoms with van der Waals surface area (Å²) >= 11 is 3.28. The molecule has 5 heteroatoms. The third-order valence-electron chi connectivity index (χ3n) is 2.01. The number of nitrogens with two attached hydrogens (primary N) is 1. The topological polar surface area (TPSA) is 63.5 Å². The summed E-state index contributed by atoms with van der Waals surface area (Å²) in [7, 11) is 0. The average molecular weight is 280 g/mol. The van der Waals surface area contributed by atoms with Crippen LogP contribution in [-0.4, -0.2) is 5.84 Å². The van der Waals surface area contributed by atoms with Crippen molar-refractivity contribution in [3.05, 3.63) is 52.9 Å². The van der Waals surface area contributed by atoms with Crippen LogP contribution in [0.1, 0.15) is 5.56 Å². The Labute approximate surface area is 101 Å². The van der Waals surface area contributed by atoms with Crippen molar-refractivity contribution in [3.8, 4) is 0 Å². The monoisotopic (exact) mass is 279 g/mol. The quantitative estimate of drug-likeness (QED) is 0.384. The van der Waals surface area contributed by atoms with Crippen LogP contribution in [0.3, 0.4) is 0 Å². The molecular weight excluding hydrogens is 270 g/mol. The van der Waals surface area contributed by atoms with Gasteiger partial charge in [0.2, 0.25) is 0 Å². The highest BCUT2D eigenvalue weighted by molar-refractivity contribution is 9.10. The van der Waals surface area contributed by atoms with Crippen LogP contribution in [0, 0.1) is 0 Å². The van der Waals surface area contributed by atoms with Gasteiger partial charge in [-0.25, -0.2) is 10.8 Å². The van der Waals surface area contributed by atoms with E-state index in [2.05, 4.69) is 26.3 Å². The molecule has 3 N–H and O–H groups in total. The number of nitrogens with one attached hydrogen (secondary N) is 1. The van der Waals surface area contributed by atoms with Crippen molar-refractivity contribution in [2.75, 3.05) is 0 Å². The molecule has 2 rings (SSSR count). The standard InChI is InChI=1S/C11H10BrN3O/c12-10-9(6-7-16-10)11(15-13)14-8-4-2-1-3-5-8/h1-7H,13H2,(H,14,15). The molecule has 0 atom stereocenters. The zero-order valence-corrected chi connectivity index (χ0v) is 9.94. The van der Waals surface area contributed by atoms with Crippen molar-refractivity contribution < 1.29 is 4.42 Å². The van der Waals surface area contributed by atoms with Gasteiger partial charge in [-0.2, -0.15) is 0 Å². The smallest absolute Gasteiger partial charge is 0.179 e. The van der Waals surface area contributed by atoms with Crippen molar-refractivity contribution in [1.29, 1.82) is 0 Å². The van der Waals surface area contributed by atoms with Gasteiger partial charge in [0, 0.05) is 0 Å². The van der Waals surface area contributed by atoms with Crippen LogP contribution >= 0.6 is 15.9 Å². The van der Waals surface area contributed by atoms with Gasteiger partial charge in [0.25, 0.3) is 0 Å². The van der Waals surface area contributed by atoms with Gasteiger partial charge in [-0.1, -0.05) is 18.2 Å². The number of nitrogens with zero attached hydrogens (tertiary/aromatic N) is 1. The fourth-order valence-electron chi connectivity index (χ4n) is 1.26. The van der Waals surface area contributed by atoms with Gasteiger partial charge >= 0.3 is 0 Å². The van der Waals surface area contributed by atoms with Crippen LogP contribution in [0.25, 0.3) is 0 Å². The van der Waals surface area contributed by atoms with E-state index in [0.717, 1.165) is 11.3 Å². The normalized spacial score (nSPS) is 11.5. The first kappa shape index (κ1) is 10.9. The number of rotatable bonds is 2. The molecule has 0 fully saturated rings. The Hall–Kier alpha value is -1.59. The van der Waals surface area contributed by atoms with Gasteiger partial charge in [0.15, 0.2) is 10.5 Å². The summed E-state index contributed by atoms with van der Waals surface area (Å²) in [6, 6.07) is 11.3. The minimum Gasteiger partial charge on any atom is -0.457 e. The predicted molar refractivity (Wildman–Crippen MR) is 66.4 cm³/mol. The molecule has 0 spiro atoms. The third kappa shape index (κ3) is 2.32. The summed E-state index contributed by atoms with van der Waals surface area (Å²) in [6.45, 7) is 0. The second-order valence-electron chi connectivity index (χ2n) is 3.05. The minimum absolute atomic E-state index is 0.548. The first-order valence-electron chi connectivity index (χ1n) is 4.65. The number of benzene rings is 1. The van der Waals surface area contributed by atoms with Crippen molar-refractivity contribution in [1.82, 2.24) is 5.43 Å². The molecule has 0 bridgehead atoms. The van der Waals surface area contributed by atoms with Gasteiger partial charge in [0.1, 0.15) is 0 Å². The number of hydrogen-bond acceptors (Lipinski definition) is 3. The molecule has 0 radical (unpaired) electrons. The van der Waals surface area contributed by atoms with E-state index in [1.807, 2.05) is 30.3 Å². The van der Waals surface area contributed by atoms with Crippen molar-refractivity contribution in [2.45, 2.75) is 0 Å². The second kappa shape index (κ2) is 4.96. The van der Waals surface area contributed by atoms with E-state index in [-0.39, 0.29) is 0 Å². The minimum atomic E-state index is 0.548. The lowest BCUT2D eigenvalue weighted by Crippen LogP contribution is -2.30. The van der Waals surface area contributed by atoms with E-state index in [1.165, 1.54) is 0 Å². The summed E-state index contributed by atoms with van der Waals surface area (Å²) in [5, 5.41) is 0. The molecule has 1 aromatic carbocycles. The SMILES string of the molecule is NNC(=Nc1ccccc1)c1ccoc1Br. The molecule has 0 aliphatic carbocycles. The van der Waals surface area contributed by atoms with E-state index >= 15 is 0 Å². The van der Waals surface area contributed by atoms with Crippen LogP contribution in [-0.2, 0) is 0 Å². The maximum atomic E-state index is 5.44. The highest BCUT2D eigenvalue weighted by Gasteiger charge is 2.09. The zero-order chi connectivity index (χ0) is 11.4. The Kier molecular flexibility index (Phi) is 3.38. The molecule has 0 unspecified atom stereocenters. The van der Waals surface area contributed by atoms with E-state index in [4.69, 9.17) is 10.3 Å². The Morgan fingerprint density at radius 2 is 2.00 bits per heavy atom. The Bertz CT molecular complexity index is 493. The number of aliphatic imine (C=N–C) groups is 1. The molecule has 0 saturated heterocycles. The lowest BCUT2D eigenvalue weighted by atomic mass is 10.3. The van der Waals surface area contributed by atoms with Gasteiger partial charge in [-0.15, -0.1) is 0 Å². The van der Waals surface area contributed by atoms with Gasteiger partial charge in [-0.05, 0) is 34.1 Å². The van der Waals surface area contributed by atoms with Crippen LogP contribution in [0.4, 0.5) is 5.69 Å². The lowest BCUT2D eigenvalue weighted by Gasteiger charge is -2.03. The molecular formula is C11H10BrN3O. The van der Waals surface area contributed by atoms with Gasteiger partial charge in [-0.3, -0.25) is 0 Å². The van der Waals surface area contributed by atoms with Crippen LogP contribution in [0.2, 0.25) is 0 Å². The maximum Gasteiger partial charge on any atom is 0.179 e. The predicted octanol–water partition coefficient (Wildman–Crippen LogP) is 2.58. The number of para-hydroxylation sites is 1. The number of amidine groups is 1. The van der Waals surface area contributed by atoms with Gasteiger partial charge in [0.05, 0.1) is 17.5 Å². The van der Waals surface area contributed by atoms with Gasteiger partial charge < -0.3 is 9.84 Å². The first-order valence-corrected chi connectivity index (χ1v) is 5.44. The number of hydrazine groups is 1. The van der Waals surface area contributed by atoms with E-state index in [0.29, 0.717) is 10.5 Å².